The number of rotatable bonds is 4. The van der Waals surface area contributed by atoms with Gasteiger partial charge in [-0.3, -0.25) is 4.79 Å². The van der Waals surface area contributed by atoms with Crippen LogP contribution in [0.25, 0.3) is 10.8 Å². The Bertz CT molecular complexity index is 552. The quantitative estimate of drug-likeness (QED) is 0.627. The lowest BCUT2D eigenvalue weighted by Crippen LogP contribution is -2.23. The smallest absolute Gasteiger partial charge is 0.290 e. The third-order valence-corrected chi connectivity index (χ3v) is 3.32. The molecule has 0 amide bonds. The average Bonchev–Trinajstić information content (AvgIpc) is 2.46. The van der Waals surface area contributed by atoms with Gasteiger partial charge in [0.25, 0.3) is 5.56 Å². The van der Waals surface area contributed by atoms with E-state index in [-0.39, 0.29) is 5.56 Å². The molecule has 0 N–H and O–H groups in total. The largest absolute Gasteiger partial charge is 0.414 e. The lowest BCUT2D eigenvalue weighted by Gasteiger charge is -2.03. The number of alkyl halides is 2. The molecule has 0 saturated heterocycles. The van der Waals surface area contributed by atoms with Gasteiger partial charge in [-0.25, -0.2) is 0 Å². The van der Waals surface area contributed by atoms with Gasteiger partial charge in [0, 0.05) is 17.4 Å². The molecule has 0 radical (unpaired) electrons. The Morgan fingerprint density at radius 3 is 2.58 bits per heavy atom. The Hall–Kier alpha value is -1.000. The molecular weight excluding hydrogens is 330 g/mol. The molecule has 0 aliphatic heterocycles. The number of halogens is 2. The summed E-state index contributed by atoms with van der Waals surface area (Å²) in [4.78, 5) is 16.5. The second-order valence-electron chi connectivity index (χ2n) is 3.80. The molecule has 104 valence electrons. The van der Waals surface area contributed by atoms with Crippen molar-refractivity contribution >= 4 is 38.3 Å². The Morgan fingerprint density at radius 2 is 2.00 bits per heavy atom. The molecule has 0 unspecified atom stereocenters. The third-order valence-electron chi connectivity index (χ3n) is 2.49. The van der Waals surface area contributed by atoms with Crippen LogP contribution < -0.4 is 10.4 Å². The fourth-order valence-electron chi connectivity index (χ4n) is 1.50. The lowest BCUT2D eigenvalue weighted by atomic mass is 10.2. The number of hydrogen-bond acceptors (Lipinski definition) is 2. The molecule has 0 saturated carbocycles. The van der Waals surface area contributed by atoms with Crippen molar-refractivity contribution in [2.24, 2.45) is 0 Å². The minimum absolute atomic E-state index is 0.124. The van der Waals surface area contributed by atoms with E-state index in [9.17, 15) is 4.79 Å². The molecule has 0 aliphatic carbocycles. The summed E-state index contributed by atoms with van der Waals surface area (Å²) in [6.07, 6.45) is 3.95. The van der Waals surface area contributed by atoms with Crippen molar-refractivity contribution in [3.05, 3.63) is 46.9 Å². The number of unbranched alkanes of at least 4 members (excludes halogenated alkanes) is 1. The normalized spacial score (nSPS) is 9.84. The molecule has 2 aromatic rings. The molecule has 2 rings (SSSR count). The lowest BCUT2D eigenvalue weighted by molar-refractivity contribution is 0.158. The maximum Gasteiger partial charge on any atom is 0.290 e. The first-order valence-corrected chi connectivity index (χ1v) is 7.67. The zero-order valence-corrected chi connectivity index (χ0v) is 13.2. The van der Waals surface area contributed by atoms with Gasteiger partial charge in [-0.1, -0.05) is 34.1 Å². The second kappa shape index (κ2) is 8.99. The third kappa shape index (κ3) is 4.88. The molecular formula is C14H17BrClNO2. The predicted octanol–water partition coefficient (Wildman–Crippen LogP) is 3.46. The van der Waals surface area contributed by atoms with Crippen LogP contribution in [0.4, 0.5) is 0 Å². The van der Waals surface area contributed by atoms with Gasteiger partial charge in [0.2, 0.25) is 0 Å². The van der Waals surface area contributed by atoms with Crippen molar-refractivity contribution in [3.63, 3.8) is 0 Å². The standard InChI is InChI=1S/C10H9NO2.C4H8BrCl/c1-13-11-7-6-8-4-2-3-5-9(8)10(11)12;5-3-1-2-4-6/h2-7H,1H3;1-4H2. The van der Waals surface area contributed by atoms with E-state index in [1.165, 1.54) is 18.3 Å². The Kier molecular flexibility index (Phi) is 7.60. The highest BCUT2D eigenvalue weighted by Crippen LogP contribution is 2.06. The van der Waals surface area contributed by atoms with Gasteiger partial charge in [-0.05, 0) is 30.4 Å². The molecule has 0 atom stereocenters. The van der Waals surface area contributed by atoms with Crippen molar-refractivity contribution in [2.45, 2.75) is 12.8 Å². The molecule has 0 aliphatic rings. The molecule has 0 fully saturated rings. The fraction of sp³-hybridized carbons (Fsp3) is 0.357. The Labute approximate surface area is 126 Å². The summed E-state index contributed by atoms with van der Waals surface area (Å²) in [6, 6.07) is 9.27. The number of aromatic nitrogens is 1. The first-order chi connectivity index (χ1) is 9.24. The van der Waals surface area contributed by atoms with Crippen LogP contribution in [0.2, 0.25) is 0 Å². The highest BCUT2D eigenvalue weighted by Gasteiger charge is 1.99. The maximum atomic E-state index is 11.6. The average molecular weight is 347 g/mol. The van der Waals surface area contributed by atoms with Crippen LogP contribution in [0.1, 0.15) is 12.8 Å². The van der Waals surface area contributed by atoms with E-state index < -0.39 is 0 Å². The molecule has 0 bridgehead atoms. The van der Waals surface area contributed by atoms with Gasteiger partial charge in [0.05, 0.1) is 5.39 Å². The molecule has 1 aromatic carbocycles. The first kappa shape index (κ1) is 16.1. The molecule has 5 heteroatoms. The summed E-state index contributed by atoms with van der Waals surface area (Å²) in [6.45, 7) is 0. The summed E-state index contributed by atoms with van der Waals surface area (Å²) < 4.78 is 1.21. The second-order valence-corrected chi connectivity index (χ2v) is 4.97. The number of hydrogen-bond donors (Lipinski definition) is 0. The zero-order valence-electron chi connectivity index (χ0n) is 10.8. The summed E-state index contributed by atoms with van der Waals surface area (Å²) in [5.74, 6) is 0.797. The monoisotopic (exact) mass is 345 g/mol. The number of nitrogens with zero attached hydrogens (tertiary/aromatic N) is 1. The SMILES string of the molecule is COn1ccc2ccccc2c1=O.ClCCCCBr. The molecule has 1 aromatic heterocycles. The van der Waals surface area contributed by atoms with E-state index in [1.54, 1.807) is 12.3 Å². The van der Waals surface area contributed by atoms with Crippen molar-refractivity contribution in [3.8, 4) is 0 Å². The van der Waals surface area contributed by atoms with Crippen LogP contribution in [-0.4, -0.2) is 23.1 Å². The summed E-state index contributed by atoms with van der Waals surface area (Å²) in [5, 5.41) is 2.69. The molecule has 1 heterocycles. The summed E-state index contributed by atoms with van der Waals surface area (Å²) in [5.41, 5.74) is -0.124. The van der Waals surface area contributed by atoms with Crippen molar-refractivity contribution < 1.29 is 4.84 Å². The van der Waals surface area contributed by atoms with Crippen LogP contribution in [0, 0.1) is 0 Å². The minimum Gasteiger partial charge on any atom is -0.414 e. The van der Waals surface area contributed by atoms with Crippen LogP contribution in [0.15, 0.2) is 41.3 Å². The van der Waals surface area contributed by atoms with E-state index in [2.05, 4.69) is 15.9 Å². The molecule has 19 heavy (non-hydrogen) atoms. The number of benzene rings is 1. The number of pyridine rings is 1. The minimum atomic E-state index is -0.124. The van der Waals surface area contributed by atoms with Gasteiger partial charge in [0.1, 0.15) is 7.11 Å². The van der Waals surface area contributed by atoms with E-state index in [0.29, 0.717) is 5.39 Å². The Balaban J connectivity index is 0.000000258. The van der Waals surface area contributed by atoms with Gasteiger partial charge >= 0.3 is 0 Å². The highest BCUT2D eigenvalue weighted by atomic mass is 79.9. The predicted molar refractivity (Wildman–Crippen MR) is 84.5 cm³/mol. The van der Waals surface area contributed by atoms with Crippen molar-refractivity contribution in [1.82, 2.24) is 4.73 Å². The van der Waals surface area contributed by atoms with E-state index in [1.807, 2.05) is 24.3 Å². The first-order valence-electron chi connectivity index (χ1n) is 6.01. The van der Waals surface area contributed by atoms with Crippen LogP contribution in [0.3, 0.4) is 0 Å². The van der Waals surface area contributed by atoms with E-state index in [4.69, 9.17) is 16.4 Å². The highest BCUT2D eigenvalue weighted by molar-refractivity contribution is 9.09. The van der Waals surface area contributed by atoms with Gasteiger partial charge < -0.3 is 4.84 Å². The number of fused-ring (bicyclic) bond motifs is 1. The van der Waals surface area contributed by atoms with Crippen LogP contribution in [-0.2, 0) is 0 Å². The fourth-order valence-corrected chi connectivity index (χ4v) is 2.09. The van der Waals surface area contributed by atoms with Gasteiger partial charge in [-0.2, -0.15) is 4.73 Å². The maximum absolute atomic E-state index is 11.6. The van der Waals surface area contributed by atoms with E-state index >= 15 is 0 Å². The summed E-state index contributed by atoms with van der Waals surface area (Å²) in [7, 11) is 1.47. The van der Waals surface area contributed by atoms with Crippen molar-refractivity contribution in [2.75, 3.05) is 18.3 Å². The van der Waals surface area contributed by atoms with E-state index in [0.717, 1.165) is 23.0 Å². The van der Waals surface area contributed by atoms with Crippen LogP contribution >= 0.6 is 27.5 Å². The Morgan fingerprint density at radius 1 is 1.26 bits per heavy atom. The topological polar surface area (TPSA) is 31.2 Å². The van der Waals surface area contributed by atoms with Gasteiger partial charge in [0.15, 0.2) is 0 Å². The summed E-state index contributed by atoms with van der Waals surface area (Å²) >= 11 is 8.65. The van der Waals surface area contributed by atoms with Gasteiger partial charge in [-0.15, -0.1) is 11.6 Å². The van der Waals surface area contributed by atoms with Crippen LogP contribution in [0.5, 0.6) is 0 Å². The zero-order chi connectivity index (χ0) is 14.1. The molecule has 3 nitrogen and oxygen atoms in total. The van der Waals surface area contributed by atoms with Crippen molar-refractivity contribution in [1.29, 1.82) is 0 Å². The molecule has 0 spiro atoms.